The zero-order chi connectivity index (χ0) is 20.2. The number of nitrogens with zero attached hydrogens (tertiary/aromatic N) is 3. The molecule has 2 aromatic carbocycles. The Morgan fingerprint density at radius 2 is 2.07 bits per heavy atom. The molecule has 3 aromatic rings. The van der Waals surface area contributed by atoms with Crippen LogP contribution in [0.5, 0.6) is 5.75 Å². The molecule has 6 nitrogen and oxygen atoms in total. The number of hydrogen-bond acceptors (Lipinski definition) is 6. The van der Waals surface area contributed by atoms with Gasteiger partial charge in [-0.15, -0.1) is 5.10 Å². The largest absolute Gasteiger partial charge is 0.491 e. The van der Waals surface area contributed by atoms with Gasteiger partial charge in [0, 0.05) is 18.7 Å². The molecule has 1 aromatic heterocycles. The van der Waals surface area contributed by atoms with Crippen molar-refractivity contribution in [2.45, 2.75) is 26.5 Å². The number of aryl methyl sites for hydroxylation is 1. The lowest BCUT2D eigenvalue weighted by atomic mass is 9.98. The molecule has 0 N–H and O–H groups in total. The Labute approximate surface area is 174 Å². The molecule has 0 aliphatic carbocycles. The van der Waals surface area contributed by atoms with Gasteiger partial charge in [0.15, 0.2) is 0 Å². The Bertz CT molecular complexity index is 990. The topological polar surface area (TPSA) is 64.5 Å². The second-order valence-electron chi connectivity index (χ2n) is 6.88. The summed E-state index contributed by atoms with van der Waals surface area (Å²) in [6, 6.07) is 16.3. The molecule has 150 valence electrons. The molecular formula is C22H23N3O3S. The van der Waals surface area contributed by atoms with E-state index in [9.17, 15) is 4.79 Å². The summed E-state index contributed by atoms with van der Waals surface area (Å²) >= 11 is 1.14. The summed E-state index contributed by atoms with van der Waals surface area (Å²) in [7, 11) is 0. The maximum atomic E-state index is 13.0. The molecule has 1 atom stereocenters. The number of carbonyl (C=O) groups excluding carboxylic acids is 1. The smallest absolute Gasteiger partial charge is 0.267 e. The number of benzene rings is 2. The lowest BCUT2D eigenvalue weighted by Crippen LogP contribution is -2.32. The monoisotopic (exact) mass is 409 g/mol. The van der Waals surface area contributed by atoms with Crippen LogP contribution in [0.1, 0.15) is 45.1 Å². The van der Waals surface area contributed by atoms with E-state index in [1.807, 2.05) is 44.2 Å². The van der Waals surface area contributed by atoms with E-state index >= 15 is 0 Å². The third kappa shape index (κ3) is 4.16. The van der Waals surface area contributed by atoms with Gasteiger partial charge in [-0.1, -0.05) is 40.9 Å². The fraction of sp³-hybridized carbons (Fsp3) is 0.318. The van der Waals surface area contributed by atoms with Gasteiger partial charge < -0.3 is 14.4 Å². The Balaban J connectivity index is 1.64. The van der Waals surface area contributed by atoms with Crippen molar-refractivity contribution in [2.75, 3.05) is 19.8 Å². The van der Waals surface area contributed by atoms with Crippen LogP contribution in [0.25, 0.3) is 0 Å². The predicted molar refractivity (Wildman–Crippen MR) is 111 cm³/mol. The number of hydrogen-bond donors (Lipinski definition) is 0. The van der Waals surface area contributed by atoms with E-state index in [2.05, 4.69) is 27.8 Å². The van der Waals surface area contributed by atoms with Gasteiger partial charge in [-0.05, 0) is 48.6 Å². The standard InChI is InChI=1S/C22H23N3O3S/c1-3-27-20(16-7-5-4-6-8-16)17-9-10-19-18(13-17)14-25(11-12-28-19)22(26)21-15(2)23-24-29-21/h4-10,13,20H,3,11-12,14H2,1-2H3. The highest BCUT2D eigenvalue weighted by molar-refractivity contribution is 7.07. The van der Waals surface area contributed by atoms with Gasteiger partial charge in [0.1, 0.15) is 23.3 Å². The van der Waals surface area contributed by atoms with Crippen LogP contribution in [-0.2, 0) is 11.3 Å². The lowest BCUT2D eigenvalue weighted by molar-refractivity contribution is 0.0737. The number of ether oxygens (including phenoxy) is 2. The molecule has 0 radical (unpaired) electrons. The average molecular weight is 410 g/mol. The third-order valence-corrected chi connectivity index (χ3v) is 5.75. The minimum absolute atomic E-state index is 0.0521. The molecule has 0 saturated carbocycles. The minimum atomic E-state index is -0.160. The van der Waals surface area contributed by atoms with Crippen molar-refractivity contribution in [3.8, 4) is 5.75 Å². The van der Waals surface area contributed by atoms with Crippen LogP contribution in [-0.4, -0.2) is 40.2 Å². The minimum Gasteiger partial charge on any atom is -0.491 e. The van der Waals surface area contributed by atoms with E-state index in [0.29, 0.717) is 36.9 Å². The first-order valence-corrected chi connectivity index (χ1v) is 10.4. The van der Waals surface area contributed by atoms with Gasteiger partial charge in [0.2, 0.25) is 0 Å². The average Bonchev–Trinajstić information content (AvgIpc) is 3.06. The fourth-order valence-electron chi connectivity index (χ4n) is 3.50. The molecule has 0 spiro atoms. The molecule has 0 bridgehead atoms. The molecule has 4 rings (SSSR count). The summed E-state index contributed by atoms with van der Waals surface area (Å²) in [5, 5.41) is 3.96. The van der Waals surface area contributed by atoms with Crippen LogP contribution in [0, 0.1) is 6.92 Å². The van der Waals surface area contributed by atoms with Crippen molar-refractivity contribution >= 4 is 17.4 Å². The van der Waals surface area contributed by atoms with Crippen LogP contribution in [0.4, 0.5) is 0 Å². The summed E-state index contributed by atoms with van der Waals surface area (Å²) in [6.45, 7) is 5.87. The maximum absolute atomic E-state index is 13.0. The molecule has 1 amide bonds. The molecular weight excluding hydrogens is 386 g/mol. The Morgan fingerprint density at radius 3 is 2.79 bits per heavy atom. The normalized spacial score (nSPS) is 14.6. The third-order valence-electron chi connectivity index (χ3n) is 4.94. The van der Waals surface area contributed by atoms with E-state index in [1.165, 1.54) is 0 Å². The van der Waals surface area contributed by atoms with Crippen LogP contribution in [0.3, 0.4) is 0 Å². The summed E-state index contributed by atoms with van der Waals surface area (Å²) in [5.74, 6) is 0.760. The summed E-state index contributed by atoms with van der Waals surface area (Å²) < 4.78 is 15.9. The van der Waals surface area contributed by atoms with E-state index in [4.69, 9.17) is 9.47 Å². The van der Waals surface area contributed by atoms with Crippen LogP contribution in [0.15, 0.2) is 48.5 Å². The van der Waals surface area contributed by atoms with E-state index in [-0.39, 0.29) is 12.0 Å². The van der Waals surface area contributed by atoms with Crippen LogP contribution >= 0.6 is 11.5 Å². The summed E-state index contributed by atoms with van der Waals surface area (Å²) in [5.41, 5.74) is 3.79. The van der Waals surface area contributed by atoms with Gasteiger partial charge in [0.05, 0.1) is 12.2 Å². The highest BCUT2D eigenvalue weighted by Gasteiger charge is 2.25. The van der Waals surface area contributed by atoms with Gasteiger partial charge in [0.25, 0.3) is 5.91 Å². The van der Waals surface area contributed by atoms with Crippen molar-refractivity contribution in [1.29, 1.82) is 0 Å². The van der Waals surface area contributed by atoms with E-state index in [0.717, 1.165) is 34.0 Å². The molecule has 1 aliphatic rings. The number of fused-ring (bicyclic) bond motifs is 1. The molecule has 0 fully saturated rings. The number of carbonyl (C=O) groups is 1. The number of amides is 1. The summed E-state index contributed by atoms with van der Waals surface area (Å²) in [6.07, 6.45) is -0.160. The molecule has 7 heteroatoms. The second-order valence-corrected chi connectivity index (χ2v) is 7.63. The first-order chi connectivity index (χ1) is 14.2. The Kier molecular flexibility index (Phi) is 5.87. The van der Waals surface area contributed by atoms with Gasteiger partial charge >= 0.3 is 0 Å². The van der Waals surface area contributed by atoms with Gasteiger partial charge in [-0.25, -0.2) is 0 Å². The van der Waals surface area contributed by atoms with Crippen LogP contribution < -0.4 is 4.74 Å². The Hall–Kier alpha value is -2.77. The number of aromatic nitrogens is 2. The van der Waals surface area contributed by atoms with E-state index in [1.54, 1.807) is 4.90 Å². The van der Waals surface area contributed by atoms with E-state index < -0.39 is 0 Å². The zero-order valence-electron chi connectivity index (χ0n) is 16.5. The number of rotatable bonds is 5. The molecule has 29 heavy (non-hydrogen) atoms. The first kappa shape index (κ1) is 19.5. The highest BCUT2D eigenvalue weighted by Crippen LogP contribution is 2.32. The molecule has 1 unspecified atom stereocenters. The van der Waals surface area contributed by atoms with Crippen molar-refractivity contribution < 1.29 is 14.3 Å². The zero-order valence-corrected chi connectivity index (χ0v) is 17.3. The van der Waals surface area contributed by atoms with Crippen molar-refractivity contribution in [3.63, 3.8) is 0 Å². The lowest BCUT2D eigenvalue weighted by Gasteiger charge is -2.21. The van der Waals surface area contributed by atoms with Gasteiger partial charge in [-0.2, -0.15) is 0 Å². The van der Waals surface area contributed by atoms with Crippen LogP contribution in [0.2, 0.25) is 0 Å². The Morgan fingerprint density at radius 1 is 1.24 bits per heavy atom. The summed E-state index contributed by atoms with van der Waals surface area (Å²) in [4.78, 5) is 15.3. The molecule has 1 aliphatic heterocycles. The predicted octanol–water partition coefficient (Wildman–Crippen LogP) is 4.01. The first-order valence-electron chi connectivity index (χ1n) is 9.67. The van der Waals surface area contributed by atoms with Gasteiger partial charge in [-0.3, -0.25) is 4.79 Å². The van der Waals surface area contributed by atoms with Crippen molar-refractivity contribution in [3.05, 3.63) is 75.8 Å². The van der Waals surface area contributed by atoms with Crippen molar-refractivity contribution in [2.24, 2.45) is 0 Å². The highest BCUT2D eigenvalue weighted by atomic mass is 32.1. The fourth-order valence-corrected chi connectivity index (χ4v) is 4.13. The van der Waals surface area contributed by atoms with Crippen molar-refractivity contribution in [1.82, 2.24) is 14.5 Å². The maximum Gasteiger partial charge on any atom is 0.267 e. The molecule has 2 heterocycles. The SMILES string of the molecule is CCOC(c1ccccc1)c1ccc2c(c1)CN(C(=O)c1snnc1C)CCO2. The quantitative estimate of drug-likeness (QED) is 0.637. The second kappa shape index (κ2) is 8.71. The molecule has 0 saturated heterocycles.